The lowest BCUT2D eigenvalue weighted by atomic mass is 9.73. The average molecular weight is 435 g/mol. The number of hydrogen-bond acceptors (Lipinski definition) is 2. The number of hydrogen-bond donors (Lipinski definition) is 1. The first-order chi connectivity index (χ1) is 13.9. The van der Waals surface area contributed by atoms with E-state index in [-0.39, 0.29) is 11.3 Å². The number of halogens is 3. The molecule has 1 atom stereocenters. The third kappa shape index (κ3) is 4.18. The van der Waals surface area contributed by atoms with Gasteiger partial charge >= 0.3 is 0 Å². The first-order valence-corrected chi connectivity index (χ1v) is 10.6. The summed E-state index contributed by atoms with van der Waals surface area (Å²) in [6.45, 7) is 11.0. The molecule has 1 amide bonds. The second kappa shape index (κ2) is 8.18. The second-order valence-electron chi connectivity index (χ2n) is 9.33. The number of fused-ring (bicyclic) bond motifs is 1. The van der Waals surface area contributed by atoms with Gasteiger partial charge in [0.05, 0.1) is 16.6 Å². The summed E-state index contributed by atoms with van der Waals surface area (Å²) >= 11 is 6.81. The maximum Gasteiger partial charge on any atom is 0.225 e. The first kappa shape index (κ1) is 22.5. The van der Waals surface area contributed by atoms with E-state index in [1.807, 2.05) is 40.7 Å². The number of benzene rings is 2. The van der Waals surface area contributed by atoms with Gasteiger partial charge in [0, 0.05) is 13.1 Å². The molecule has 2 aromatic carbocycles. The van der Waals surface area contributed by atoms with Gasteiger partial charge in [0.25, 0.3) is 0 Å². The monoisotopic (exact) mass is 434 g/mol. The molecule has 1 aliphatic rings. The number of rotatable bonds is 3. The van der Waals surface area contributed by atoms with Gasteiger partial charge in [-0.3, -0.25) is 4.79 Å². The summed E-state index contributed by atoms with van der Waals surface area (Å²) in [4.78, 5) is 14.4. The van der Waals surface area contributed by atoms with Gasteiger partial charge < -0.3 is 10.6 Å². The van der Waals surface area contributed by atoms with E-state index in [0.29, 0.717) is 24.5 Å². The largest absolute Gasteiger partial charge is 0.369 e. The summed E-state index contributed by atoms with van der Waals surface area (Å²) in [6, 6.07) is 4.57. The van der Waals surface area contributed by atoms with Crippen LogP contribution in [0.15, 0.2) is 18.2 Å². The van der Waals surface area contributed by atoms with Crippen molar-refractivity contribution in [3.05, 3.63) is 62.7 Å². The molecule has 0 saturated carbocycles. The molecule has 1 aliphatic heterocycles. The Morgan fingerprint density at radius 2 is 1.73 bits per heavy atom. The molecule has 2 aromatic rings. The number of anilines is 1. The van der Waals surface area contributed by atoms with Gasteiger partial charge in [-0.1, -0.05) is 32.4 Å². The number of carbonyl (C=O) groups excluding carboxylic acids is 1. The highest BCUT2D eigenvalue weighted by Gasteiger charge is 2.35. The van der Waals surface area contributed by atoms with Crippen LogP contribution in [-0.2, 0) is 17.8 Å². The Balaban J connectivity index is 2.07. The number of aryl methyl sites for hydroxylation is 2. The molecule has 1 heterocycles. The van der Waals surface area contributed by atoms with Crippen molar-refractivity contribution in [2.75, 3.05) is 11.4 Å². The number of carbonyl (C=O) groups is 1. The van der Waals surface area contributed by atoms with Gasteiger partial charge in [-0.2, -0.15) is 0 Å². The molecular weight excluding hydrogens is 406 g/mol. The molecule has 0 aromatic heterocycles. The SMILES string of the molecule is Cc1cc(N2CCCc3cc(F)c(F)cc3C2)c(Cl)c(C)c1C(C(N)=O)C(C)(C)C. The normalized spacial score (nSPS) is 15.5. The molecular formula is C24H29ClF2N2O. The molecule has 162 valence electrons. The maximum atomic E-state index is 13.8. The van der Waals surface area contributed by atoms with Gasteiger partial charge in [-0.05, 0) is 78.1 Å². The Morgan fingerprint density at radius 3 is 2.30 bits per heavy atom. The highest BCUT2D eigenvalue weighted by Crippen LogP contribution is 2.43. The van der Waals surface area contributed by atoms with Crippen LogP contribution >= 0.6 is 11.6 Å². The fourth-order valence-corrected chi connectivity index (χ4v) is 4.86. The van der Waals surface area contributed by atoms with Crippen LogP contribution in [0.4, 0.5) is 14.5 Å². The summed E-state index contributed by atoms with van der Waals surface area (Å²) in [5, 5.41) is 0.567. The zero-order chi connectivity index (χ0) is 22.4. The van der Waals surface area contributed by atoms with E-state index in [1.165, 1.54) is 12.1 Å². The summed E-state index contributed by atoms with van der Waals surface area (Å²) in [5.74, 6) is -2.49. The lowest BCUT2D eigenvalue weighted by Gasteiger charge is -2.33. The fourth-order valence-electron chi connectivity index (χ4n) is 4.59. The zero-order valence-corrected chi connectivity index (χ0v) is 19.0. The van der Waals surface area contributed by atoms with E-state index in [4.69, 9.17) is 17.3 Å². The van der Waals surface area contributed by atoms with E-state index < -0.39 is 17.6 Å². The van der Waals surface area contributed by atoms with Crippen LogP contribution in [-0.4, -0.2) is 12.5 Å². The van der Waals surface area contributed by atoms with E-state index in [2.05, 4.69) is 4.90 Å². The molecule has 0 radical (unpaired) electrons. The van der Waals surface area contributed by atoms with E-state index in [0.717, 1.165) is 39.9 Å². The molecule has 30 heavy (non-hydrogen) atoms. The van der Waals surface area contributed by atoms with Crippen molar-refractivity contribution in [2.45, 2.75) is 59.9 Å². The zero-order valence-electron chi connectivity index (χ0n) is 18.2. The Morgan fingerprint density at radius 1 is 1.13 bits per heavy atom. The minimum absolute atomic E-state index is 0.352. The summed E-state index contributed by atoms with van der Waals surface area (Å²) in [5.41, 5.74) is 10.5. The van der Waals surface area contributed by atoms with Crippen molar-refractivity contribution in [3.63, 3.8) is 0 Å². The third-order valence-electron chi connectivity index (χ3n) is 5.99. The maximum absolute atomic E-state index is 13.8. The number of primary amides is 1. The minimum atomic E-state index is -0.834. The van der Waals surface area contributed by atoms with Crippen LogP contribution in [0.25, 0.3) is 0 Å². The van der Waals surface area contributed by atoms with E-state index in [9.17, 15) is 13.6 Å². The minimum Gasteiger partial charge on any atom is -0.369 e. The van der Waals surface area contributed by atoms with Crippen molar-refractivity contribution in [1.29, 1.82) is 0 Å². The predicted molar refractivity (Wildman–Crippen MR) is 118 cm³/mol. The Hall–Kier alpha value is -2.14. The standard InChI is InChI=1S/C24H29ClF2N2O/c1-13-9-19(22(25)14(2)20(13)21(23(28)30)24(3,4)5)29-8-6-7-15-10-17(26)18(27)11-16(15)12-29/h9-11,21H,6-8,12H2,1-5H3,(H2,28,30). The molecule has 0 fully saturated rings. The molecule has 0 aliphatic carbocycles. The molecule has 3 nitrogen and oxygen atoms in total. The molecule has 1 unspecified atom stereocenters. The van der Waals surface area contributed by atoms with Crippen molar-refractivity contribution in [2.24, 2.45) is 11.1 Å². The highest BCUT2D eigenvalue weighted by molar-refractivity contribution is 6.34. The van der Waals surface area contributed by atoms with E-state index in [1.54, 1.807) is 0 Å². The molecule has 6 heteroatoms. The lowest BCUT2D eigenvalue weighted by Crippen LogP contribution is -2.33. The van der Waals surface area contributed by atoms with Gasteiger partial charge in [-0.25, -0.2) is 8.78 Å². The van der Waals surface area contributed by atoms with Crippen LogP contribution in [0.3, 0.4) is 0 Å². The van der Waals surface area contributed by atoms with Crippen molar-refractivity contribution in [1.82, 2.24) is 0 Å². The van der Waals surface area contributed by atoms with Gasteiger partial charge in [-0.15, -0.1) is 0 Å². The van der Waals surface area contributed by atoms with Crippen LogP contribution in [0.5, 0.6) is 0 Å². The number of nitrogens with zero attached hydrogens (tertiary/aromatic N) is 1. The quantitative estimate of drug-likeness (QED) is 0.663. The molecule has 2 N–H and O–H groups in total. The summed E-state index contributed by atoms with van der Waals surface area (Å²) in [7, 11) is 0. The van der Waals surface area contributed by atoms with Crippen LogP contribution < -0.4 is 10.6 Å². The van der Waals surface area contributed by atoms with Crippen molar-refractivity contribution >= 4 is 23.2 Å². The van der Waals surface area contributed by atoms with E-state index >= 15 is 0 Å². The molecule has 0 bridgehead atoms. The Kier molecular flexibility index (Phi) is 6.15. The Bertz CT molecular complexity index is 998. The van der Waals surface area contributed by atoms with Gasteiger partial charge in [0.2, 0.25) is 5.91 Å². The van der Waals surface area contributed by atoms with Gasteiger partial charge in [0.1, 0.15) is 0 Å². The van der Waals surface area contributed by atoms with Crippen molar-refractivity contribution in [3.8, 4) is 0 Å². The topological polar surface area (TPSA) is 46.3 Å². The number of amides is 1. The molecule has 0 saturated heterocycles. The smallest absolute Gasteiger partial charge is 0.225 e. The van der Waals surface area contributed by atoms with Gasteiger partial charge in [0.15, 0.2) is 11.6 Å². The average Bonchev–Trinajstić information content (AvgIpc) is 2.82. The van der Waals surface area contributed by atoms with Crippen molar-refractivity contribution < 1.29 is 13.6 Å². The number of nitrogens with two attached hydrogens (primary N) is 1. The fraction of sp³-hybridized carbons (Fsp3) is 0.458. The third-order valence-corrected chi connectivity index (χ3v) is 6.47. The Labute approximate surface area is 182 Å². The summed E-state index contributed by atoms with van der Waals surface area (Å²) < 4.78 is 27.5. The van der Waals surface area contributed by atoms with Crippen LogP contribution in [0.2, 0.25) is 5.02 Å². The second-order valence-corrected chi connectivity index (χ2v) is 9.70. The van der Waals surface area contributed by atoms with Crippen LogP contribution in [0.1, 0.15) is 60.9 Å². The predicted octanol–water partition coefficient (Wildman–Crippen LogP) is 5.80. The summed E-state index contributed by atoms with van der Waals surface area (Å²) in [6.07, 6.45) is 1.49. The molecule has 3 rings (SSSR count). The molecule has 0 spiro atoms. The lowest BCUT2D eigenvalue weighted by molar-refractivity contribution is -0.121. The first-order valence-electron chi connectivity index (χ1n) is 10.2. The van der Waals surface area contributed by atoms with Crippen LogP contribution in [0, 0.1) is 30.9 Å². The highest BCUT2D eigenvalue weighted by atomic mass is 35.5.